The SMILES string of the molecule is CCOC1CCOC2(C1)CN(C(=O)c1cnoc1)C2. The molecule has 1 aromatic rings. The first-order valence-electron chi connectivity index (χ1n) is 6.67. The Labute approximate surface area is 111 Å². The molecule has 104 valence electrons. The minimum absolute atomic E-state index is 0.0472. The van der Waals surface area contributed by atoms with Crippen LogP contribution in [0.5, 0.6) is 0 Å². The van der Waals surface area contributed by atoms with E-state index in [4.69, 9.17) is 14.0 Å². The highest BCUT2D eigenvalue weighted by Crippen LogP contribution is 2.35. The van der Waals surface area contributed by atoms with Crippen LogP contribution in [0.25, 0.3) is 0 Å². The lowest BCUT2D eigenvalue weighted by molar-refractivity contribution is -0.185. The molecular weight excluding hydrogens is 248 g/mol. The third-order valence-electron chi connectivity index (χ3n) is 3.77. The van der Waals surface area contributed by atoms with Crippen LogP contribution < -0.4 is 0 Å². The molecule has 6 heteroatoms. The summed E-state index contributed by atoms with van der Waals surface area (Å²) in [5, 5.41) is 3.55. The highest BCUT2D eigenvalue weighted by molar-refractivity contribution is 5.94. The van der Waals surface area contributed by atoms with Crippen molar-refractivity contribution >= 4 is 5.91 Å². The number of carbonyl (C=O) groups is 1. The quantitative estimate of drug-likeness (QED) is 0.819. The van der Waals surface area contributed by atoms with Crippen molar-refractivity contribution in [2.24, 2.45) is 0 Å². The van der Waals surface area contributed by atoms with Gasteiger partial charge in [0.25, 0.3) is 5.91 Å². The summed E-state index contributed by atoms with van der Waals surface area (Å²) in [6.45, 7) is 4.69. The van der Waals surface area contributed by atoms with Gasteiger partial charge in [-0.05, 0) is 13.3 Å². The number of hydrogen-bond donors (Lipinski definition) is 0. The zero-order valence-corrected chi connectivity index (χ0v) is 11.0. The molecule has 3 heterocycles. The lowest BCUT2D eigenvalue weighted by Crippen LogP contribution is -2.67. The first-order valence-corrected chi connectivity index (χ1v) is 6.67. The molecule has 1 atom stereocenters. The second-order valence-electron chi connectivity index (χ2n) is 5.18. The Balaban J connectivity index is 1.58. The van der Waals surface area contributed by atoms with E-state index in [9.17, 15) is 4.79 Å². The van der Waals surface area contributed by atoms with Crippen LogP contribution >= 0.6 is 0 Å². The maximum atomic E-state index is 12.1. The van der Waals surface area contributed by atoms with Crippen molar-refractivity contribution in [2.45, 2.75) is 31.5 Å². The fraction of sp³-hybridized carbons (Fsp3) is 0.692. The van der Waals surface area contributed by atoms with E-state index in [0.717, 1.165) is 19.4 Å². The van der Waals surface area contributed by atoms with Crippen molar-refractivity contribution in [1.29, 1.82) is 0 Å². The summed E-state index contributed by atoms with van der Waals surface area (Å²) in [6.07, 6.45) is 4.88. The number of aromatic nitrogens is 1. The molecule has 2 aliphatic heterocycles. The highest BCUT2D eigenvalue weighted by Gasteiger charge is 2.49. The van der Waals surface area contributed by atoms with E-state index in [0.29, 0.717) is 25.3 Å². The number of amides is 1. The molecule has 0 radical (unpaired) electrons. The molecule has 2 fully saturated rings. The van der Waals surface area contributed by atoms with Gasteiger partial charge in [-0.25, -0.2) is 0 Å². The molecule has 1 spiro atoms. The summed E-state index contributed by atoms with van der Waals surface area (Å²) in [6, 6.07) is 0. The third-order valence-corrected chi connectivity index (χ3v) is 3.77. The van der Waals surface area contributed by atoms with Crippen molar-refractivity contribution in [3.63, 3.8) is 0 Å². The van der Waals surface area contributed by atoms with Gasteiger partial charge >= 0.3 is 0 Å². The first-order chi connectivity index (χ1) is 9.22. The molecule has 2 aliphatic rings. The minimum Gasteiger partial charge on any atom is -0.378 e. The molecule has 1 unspecified atom stereocenters. The van der Waals surface area contributed by atoms with Crippen LogP contribution in [0.15, 0.2) is 17.0 Å². The molecule has 0 aliphatic carbocycles. The van der Waals surface area contributed by atoms with E-state index in [1.165, 1.54) is 12.5 Å². The molecule has 0 bridgehead atoms. The van der Waals surface area contributed by atoms with E-state index in [2.05, 4.69) is 5.16 Å². The van der Waals surface area contributed by atoms with Crippen LogP contribution in [-0.4, -0.2) is 54.0 Å². The number of likely N-dealkylation sites (tertiary alicyclic amines) is 1. The molecular formula is C13H18N2O4. The summed E-state index contributed by atoms with van der Waals surface area (Å²) in [7, 11) is 0. The van der Waals surface area contributed by atoms with E-state index in [-0.39, 0.29) is 17.6 Å². The van der Waals surface area contributed by atoms with Gasteiger partial charge in [0.15, 0.2) is 0 Å². The second kappa shape index (κ2) is 4.94. The van der Waals surface area contributed by atoms with E-state index < -0.39 is 0 Å². The number of nitrogens with zero attached hydrogens (tertiary/aromatic N) is 2. The molecule has 6 nitrogen and oxygen atoms in total. The van der Waals surface area contributed by atoms with Crippen LogP contribution in [0, 0.1) is 0 Å². The van der Waals surface area contributed by atoms with Crippen molar-refractivity contribution in [1.82, 2.24) is 10.1 Å². The van der Waals surface area contributed by atoms with Gasteiger partial charge in [0.1, 0.15) is 11.9 Å². The Morgan fingerprint density at radius 3 is 3.16 bits per heavy atom. The lowest BCUT2D eigenvalue weighted by Gasteiger charge is -2.52. The molecule has 1 amide bonds. The van der Waals surface area contributed by atoms with E-state index in [1.807, 2.05) is 6.92 Å². The molecule has 19 heavy (non-hydrogen) atoms. The summed E-state index contributed by atoms with van der Waals surface area (Å²) < 4.78 is 16.2. The van der Waals surface area contributed by atoms with Gasteiger partial charge in [-0.15, -0.1) is 0 Å². The maximum absolute atomic E-state index is 12.1. The van der Waals surface area contributed by atoms with Crippen LogP contribution in [0.3, 0.4) is 0 Å². The summed E-state index contributed by atoms with van der Waals surface area (Å²) in [4.78, 5) is 13.8. The highest BCUT2D eigenvalue weighted by atomic mass is 16.5. The Kier molecular flexibility index (Phi) is 3.28. The fourth-order valence-electron chi connectivity index (χ4n) is 2.87. The van der Waals surface area contributed by atoms with Gasteiger partial charge in [-0.1, -0.05) is 5.16 Å². The average molecular weight is 266 g/mol. The Bertz CT molecular complexity index is 438. The summed E-state index contributed by atoms with van der Waals surface area (Å²) >= 11 is 0. The van der Waals surface area contributed by atoms with Crippen LogP contribution in [0.4, 0.5) is 0 Å². The van der Waals surface area contributed by atoms with Crippen molar-refractivity contribution in [3.8, 4) is 0 Å². The van der Waals surface area contributed by atoms with Gasteiger partial charge in [0.05, 0.1) is 31.0 Å². The maximum Gasteiger partial charge on any atom is 0.259 e. The lowest BCUT2D eigenvalue weighted by atomic mass is 9.84. The fourth-order valence-corrected chi connectivity index (χ4v) is 2.87. The normalized spacial score (nSPS) is 25.3. The van der Waals surface area contributed by atoms with Crippen LogP contribution in [-0.2, 0) is 9.47 Å². The molecule has 3 rings (SSSR count). The van der Waals surface area contributed by atoms with Gasteiger partial charge in [-0.3, -0.25) is 4.79 Å². The zero-order valence-electron chi connectivity index (χ0n) is 11.0. The standard InChI is InChI=1S/C13H18N2O4/c1-2-17-11-3-4-18-13(5-11)8-15(9-13)12(16)10-6-14-19-7-10/h6-7,11H,2-5,8-9H2,1H3. The zero-order chi connectivity index (χ0) is 13.3. The number of carbonyl (C=O) groups excluding carboxylic acids is 1. The predicted molar refractivity (Wildman–Crippen MR) is 65.7 cm³/mol. The first kappa shape index (κ1) is 12.6. The number of rotatable bonds is 3. The minimum atomic E-state index is -0.203. The van der Waals surface area contributed by atoms with Crippen LogP contribution in [0.1, 0.15) is 30.1 Å². The Morgan fingerprint density at radius 1 is 1.63 bits per heavy atom. The molecule has 2 saturated heterocycles. The number of ether oxygens (including phenoxy) is 2. The van der Waals surface area contributed by atoms with Gasteiger partial charge in [0.2, 0.25) is 0 Å². The van der Waals surface area contributed by atoms with E-state index in [1.54, 1.807) is 4.90 Å². The predicted octanol–water partition coefficient (Wildman–Crippen LogP) is 1.08. The Morgan fingerprint density at radius 2 is 2.47 bits per heavy atom. The molecule has 0 saturated carbocycles. The molecule has 0 aromatic carbocycles. The van der Waals surface area contributed by atoms with Crippen LogP contribution in [0.2, 0.25) is 0 Å². The topological polar surface area (TPSA) is 64.8 Å². The van der Waals surface area contributed by atoms with Crippen molar-refractivity contribution in [3.05, 3.63) is 18.0 Å². The van der Waals surface area contributed by atoms with Gasteiger partial charge in [0, 0.05) is 19.6 Å². The summed E-state index contributed by atoms with van der Waals surface area (Å²) in [5.74, 6) is -0.0472. The third kappa shape index (κ3) is 2.37. The van der Waals surface area contributed by atoms with Crippen molar-refractivity contribution < 1.29 is 18.8 Å². The average Bonchev–Trinajstić information content (AvgIpc) is 2.89. The Hall–Kier alpha value is -1.40. The van der Waals surface area contributed by atoms with E-state index >= 15 is 0 Å². The summed E-state index contributed by atoms with van der Waals surface area (Å²) in [5.41, 5.74) is 0.289. The number of hydrogen-bond acceptors (Lipinski definition) is 5. The van der Waals surface area contributed by atoms with Gasteiger partial charge in [-0.2, -0.15) is 0 Å². The monoisotopic (exact) mass is 266 g/mol. The van der Waals surface area contributed by atoms with Gasteiger partial charge < -0.3 is 18.9 Å². The molecule has 0 N–H and O–H groups in total. The molecule has 1 aromatic heterocycles. The second-order valence-corrected chi connectivity index (χ2v) is 5.18. The van der Waals surface area contributed by atoms with Crippen molar-refractivity contribution in [2.75, 3.05) is 26.3 Å². The largest absolute Gasteiger partial charge is 0.378 e. The smallest absolute Gasteiger partial charge is 0.259 e.